The first-order chi connectivity index (χ1) is 14.5. The molecular formula is C23H23N3O4. The highest BCUT2D eigenvalue weighted by Gasteiger charge is 2.10. The van der Waals surface area contributed by atoms with E-state index in [2.05, 4.69) is 15.8 Å². The third-order valence-electron chi connectivity index (χ3n) is 4.41. The zero-order valence-corrected chi connectivity index (χ0v) is 17.1. The molecule has 0 fully saturated rings. The van der Waals surface area contributed by atoms with E-state index in [-0.39, 0.29) is 12.3 Å². The van der Waals surface area contributed by atoms with Gasteiger partial charge in [0.15, 0.2) is 0 Å². The average molecular weight is 405 g/mol. The molecule has 3 aromatic carbocycles. The molecule has 7 heteroatoms. The molecular weight excluding hydrogens is 382 g/mol. The Morgan fingerprint density at radius 1 is 0.900 bits per heavy atom. The average Bonchev–Trinajstić information content (AvgIpc) is 2.76. The molecule has 0 radical (unpaired) electrons. The van der Waals surface area contributed by atoms with Gasteiger partial charge in [0, 0.05) is 23.0 Å². The van der Waals surface area contributed by atoms with Gasteiger partial charge in [0.2, 0.25) is 5.91 Å². The maximum atomic E-state index is 12.4. The van der Waals surface area contributed by atoms with Gasteiger partial charge in [-0.25, -0.2) is 5.43 Å². The summed E-state index contributed by atoms with van der Waals surface area (Å²) in [6.07, 6.45) is 0.0501. The predicted molar refractivity (Wildman–Crippen MR) is 117 cm³/mol. The van der Waals surface area contributed by atoms with Crippen molar-refractivity contribution >= 4 is 34.0 Å². The number of rotatable bonds is 7. The van der Waals surface area contributed by atoms with Crippen molar-refractivity contribution in [3.63, 3.8) is 0 Å². The van der Waals surface area contributed by atoms with Crippen molar-refractivity contribution < 1.29 is 19.1 Å². The second-order valence-electron chi connectivity index (χ2n) is 6.68. The molecule has 0 bridgehead atoms. The van der Waals surface area contributed by atoms with E-state index in [4.69, 9.17) is 9.47 Å². The quantitative estimate of drug-likeness (QED) is 0.459. The third kappa shape index (κ3) is 5.35. The normalized spacial score (nSPS) is 11.1. The van der Waals surface area contributed by atoms with Gasteiger partial charge in [-0.2, -0.15) is 5.10 Å². The molecule has 0 aliphatic rings. The lowest BCUT2D eigenvalue weighted by Gasteiger charge is -2.08. The van der Waals surface area contributed by atoms with E-state index in [0.29, 0.717) is 28.5 Å². The topological polar surface area (TPSA) is 89.0 Å². The van der Waals surface area contributed by atoms with Crippen LogP contribution >= 0.6 is 0 Å². The first kappa shape index (κ1) is 20.9. The summed E-state index contributed by atoms with van der Waals surface area (Å²) in [6.45, 7) is 1.67. The second-order valence-corrected chi connectivity index (χ2v) is 6.68. The van der Waals surface area contributed by atoms with Gasteiger partial charge in [-0.15, -0.1) is 0 Å². The van der Waals surface area contributed by atoms with Crippen LogP contribution in [0.15, 0.2) is 65.8 Å². The summed E-state index contributed by atoms with van der Waals surface area (Å²) in [6, 6.07) is 18.5. The fourth-order valence-corrected chi connectivity index (χ4v) is 2.89. The molecule has 154 valence electrons. The minimum Gasteiger partial charge on any atom is -0.497 e. The van der Waals surface area contributed by atoms with Crippen LogP contribution in [0.1, 0.15) is 23.7 Å². The fourth-order valence-electron chi connectivity index (χ4n) is 2.89. The maximum Gasteiger partial charge on any atom is 0.271 e. The molecule has 0 spiro atoms. The monoisotopic (exact) mass is 405 g/mol. The summed E-state index contributed by atoms with van der Waals surface area (Å²) in [5.74, 6) is 0.343. The van der Waals surface area contributed by atoms with Crippen LogP contribution in [0.4, 0.5) is 5.69 Å². The Hall–Kier alpha value is -3.87. The molecule has 0 saturated carbocycles. The van der Waals surface area contributed by atoms with Crippen molar-refractivity contribution in [2.75, 3.05) is 19.5 Å². The van der Waals surface area contributed by atoms with E-state index in [0.717, 1.165) is 10.8 Å². The molecule has 3 aromatic rings. The first-order valence-corrected chi connectivity index (χ1v) is 9.33. The number of carbonyl (C=O) groups is 2. The number of methoxy groups -OCH3 is 2. The summed E-state index contributed by atoms with van der Waals surface area (Å²) in [7, 11) is 3.01. The summed E-state index contributed by atoms with van der Waals surface area (Å²) in [4.78, 5) is 24.7. The number of hydrogen-bond donors (Lipinski definition) is 2. The van der Waals surface area contributed by atoms with Crippen LogP contribution < -0.4 is 20.2 Å². The Labute approximate surface area is 174 Å². The Morgan fingerprint density at radius 2 is 1.57 bits per heavy atom. The highest BCUT2D eigenvalue weighted by atomic mass is 16.5. The van der Waals surface area contributed by atoms with E-state index in [9.17, 15) is 9.59 Å². The van der Waals surface area contributed by atoms with Crippen LogP contribution in [-0.2, 0) is 4.79 Å². The van der Waals surface area contributed by atoms with Crippen LogP contribution in [-0.4, -0.2) is 31.7 Å². The lowest BCUT2D eigenvalue weighted by Crippen LogP contribution is -2.21. The summed E-state index contributed by atoms with van der Waals surface area (Å²) in [5.41, 5.74) is 3.97. The van der Waals surface area contributed by atoms with Crippen molar-refractivity contribution in [1.82, 2.24) is 5.43 Å². The van der Waals surface area contributed by atoms with E-state index in [1.165, 1.54) is 14.2 Å². The number of hydrazone groups is 1. The van der Waals surface area contributed by atoms with Gasteiger partial charge in [0.05, 0.1) is 20.6 Å². The predicted octanol–water partition coefficient (Wildman–Crippen LogP) is 3.99. The summed E-state index contributed by atoms with van der Waals surface area (Å²) >= 11 is 0. The van der Waals surface area contributed by atoms with Crippen molar-refractivity contribution in [2.45, 2.75) is 13.3 Å². The second kappa shape index (κ2) is 9.56. The molecule has 2 amide bonds. The van der Waals surface area contributed by atoms with Crippen LogP contribution in [0.3, 0.4) is 0 Å². The number of nitrogens with one attached hydrogen (secondary N) is 2. The van der Waals surface area contributed by atoms with Gasteiger partial charge in [0.25, 0.3) is 5.91 Å². The molecule has 0 aliphatic carbocycles. The third-order valence-corrected chi connectivity index (χ3v) is 4.41. The molecule has 0 saturated heterocycles. The zero-order valence-electron chi connectivity index (χ0n) is 17.1. The Kier molecular flexibility index (Phi) is 6.64. The molecule has 30 heavy (non-hydrogen) atoms. The van der Waals surface area contributed by atoms with Crippen LogP contribution in [0.5, 0.6) is 11.5 Å². The largest absolute Gasteiger partial charge is 0.497 e. The van der Waals surface area contributed by atoms with E-state index >= 15 is 0 Å². The van der Waals surface area contributed by atoms with Gasteiger partial charge in [-0.1, -0.05) is 30.3 Å². The van der Waals surface area contributed by atoms with Gasteiger partial charge in [0.1, 0.15) is 11.5 Å². The number of anilines is 1. The van der Waals surface area contributed by atoms with E-state index < -0.39 is 5.91 Å². The number of benzene rings is 3. The SMILES string of the molecule is COc1cc(OC)cc(C(=O)N/N=C(\C)CC(=O)Nc2ccc3ccccc3c2)c1. The molecule has 0 aromatic heterocycles. The maximum absolute atomic E-state index is 12.4. The minimum absolute atomic E-state index is 0.0501. The van der Waals surface area contributed by atoms with Gasteiger partial charge >= 0.3 is 0 Å². The minimum atomic E-state index is -0.429. The molecule has 7 nitrogen and oxygen atoms in total. The summed E-state index contributed by atoms with van der Waals surface area (Å²) in [5, 5.41) is 9.01. The van der Waals surface area contributed by atoms with Crippen LogP contribution in [0.2, 0.25) is 0 Å². The van der Waals surface area contributed by atoms with Crippen LogP contribution in [0.25, 0.3) is 10.8 Å². The van der Waals surface area contributed by atoms with Crippen molar-refractivity contribution in [2.24, 2.45) is 5.10 Å². The standard InChI is InChI=1S/C23H23N3O4/c1-15(25-26-23(28)18-12-20(29-2)14-21(13-18)30-3)10-22(27)24-19-9-8-16-6-4-5-7-17(16)11-19/h4-9,11-14H,10H2,1-3H3,(H,24,27)(H,26,28)/b25-15+. The van der Waals surface area contributed by atoms with Gasteiger partial charge in [-0.3, -0.25) is 9.59 Å². The zero-order chi connectivity index (χ0) is 21.5. The first-order valence-electron chi connectivity index (χ1n) is 9.33. The molecule has 0 atom stereocenters. The Bertz CT molecular complexity index is 1090. The number of nitrogens with zero attached hydrogens (tertiary/aromatic N) is 1. The van der Waals surface area contributed by atoms with Gasteiger partial charge in [-0.05, 0) is 42.0 Å². The highest BCUT2D eigenvalue weighted by molar-refractivity contribution is 6.06. The number of ether oxygens (including phenoxy) is 2. The molecule has 0 heterocycles. The fraction of sp³-hybridized carbons (Fsp3) is 0.174. The van der Waals surface area contributed by atoms with Crippen molar-refractivity contribution in [1.29, 1.82) is 0 Å². The van der Waals surface area contributed by atoms with E-state index in [1.54, 1.807) is 25.1 Å². The Balaban J connectivity index is 1.60. The van der Waals surface area contributed by atoms with Crippen LogP contribution in [0, 0.1) is 0 Å². The molecule has 0 aliphatic heterocycles. The highest BCUT2D eigenvalue weighted by Crippen LogP contribution is 2.22. The van der Waals surface area contributed by atoms with Crippen molar-refractivity contribution in [3.8, 4) is 11.5 Å². The number of amides is 2. The molecule has 3 rings (SSSR count). The van der Waals surface area contributed by atoms with Gasteiger partial charge < -0.3 is 14.8 Å². The lowest BCUT2D eigenvalue weighted by molar-refractivity contribution is -0.115. The number of hydrogen-bond acceptors (Lipinski definition) is 5. The lowest BCUT2D eigenvalue weighted by atomic mass is 10.1. The van der Waals surface area contributed by atoms with Crippen molar-refractivity contribution in [3.05, 3.63) is 66.2 Å². The number of fused-ring (bicyclic) bond motifs is 1. The number of carbonyl (C=O) groups excluding carboxylic acids is 2. The smallest absolute Gasteiger partial charge is 0.271 e. The Morgan fingerprint density at radius 3 is 2.23 bits per heavy atom. The van der Waals surface area contributed by atoms with E-state index in [1.807, 2.05) is 42.5 Å². The molecule has 2 N–H and O–H groups in total. The molecule has 0 unspecified atom stereocenters. The summed E-state index contributed by atoms with van der Waals surface area (Å²) < 4.78 is 10.3.